The van der Waals surface area contributed by atoms with Crippen molar-refractivity contribution in [2.75, 3.05) is 5.75 Å². The molecule has 1 aliphatic rings. The van der Waals surface area contributed by atoms with Gasteiger partial charge in [0.25, 0.3) is 15.8 Å². The average molecular weight is 319 g/mol. The second-order valence-electron chi connectivity index (χ2n) is 4.00. The number of rotatable bonds is 4. The van der Waals surface area contributed by atoms with Crippen LogP contribution in [-0.2, 0) is 24.1 Å². The van der Waals surface area contributed by atoms with Gasteiger partial charge in [0.05, 0.1) is 10.7 Å². The maximum absolute atomic E-state index is 11.9. The number of non-ortho nitro benzene ring substituents is 1. The molecule has 0 aliphatic carbocycles. The largest absolute Gasteiger partial charge is 0.297 e. The fourth-order valence-corrected chi connectivity index (χ4v) is 3.91. The van der Waals surface area contributed by atoms with Gasteiger partial charge in [-0.15, -0.1) is 0 Å². The Morgan fingerprint density at radius 1 is 1.35 bits per heavy atom. The van der Waals surface area contributed by atoms with E-state index in [9.17, 15) is 26.9 Å². The third kappa shape index (κ3) is 3.21. The van der Waals surface area contributed by atoms with Gasteiger partial charge in [0.2, 0.25) is 0 Å². The molecule has 0 N–H and O–H groups in total. The van der Waals surface area contributed by atoms with E-state index in [1.165, 1.54) is 6.07 Å². The number of nitro benzene ring substituents is 1. The quantitative estimate of drug-likeness (QED) is 0.453. The van der Waals surface area contributed by atoms with E-state index in [4.69, 9.17) is 4.18 Å². The zero-order chi connectivity index (χ0) is 15.0. The Morgan fingerprint density at radius 2 is 2.05 bits per heavy atom. The molecule has 0 saturated heterocycles. The fraction of sp³-hybridized carbons (Fsp3) is 0.200. The van der Waals surface area contributed by atoms with Gasteiger partial charge in [-0.25, -0.2) is 8.42 Å². The lowest BCUT2D eigenvalue weighted by Gasteiger charge is -2.09. The van der Waals surface area contributed by atoms with Crippen LogP contribution in [0.5, 0.6) is 0 Å². The second-order valence-corrected chi connectivity index (χ2v) is 7.50. The lowest BCUT2D eigenvalue weighted by molar-refractivity contribution is -0.385. The highest BCUT2D eigenvalue weighted by molar-refractivity contribution is 7.94. The molecule has 0 saturated carbocycles. The minimum Gasteiger partial charge on any atom is -0.258 e. The Morgan fingerprint density at radius 3 is 2.60 bits per heavy atom. The zero-order valence-electron chi connectivity index (χ0n) is 9.87. The molecule has 0 radical (unpaired) electrons. The summed E-state index contributed by atoms with van der Waals surface area (Å²) in [6.07, 6.45) is -0.00574. The molecule has 0 spiro atoms. The van der Waals surface area contributed by atoms with Gasteiger partial charge in [-0.05, 0) is 12.1 Å². The third-order valence-corrected chi connectivity index (χ3v) is 5.16. The van der Waals surface area contributed by atoms with Crippen LogP contribution in [0.2, 0.25) is 0 Å². The van der Waals surface area contributed by atoms with E-state index >= 15 is 0 Å². The Hall–Kier alpha value is -1.78. The Labute approximate surface area is 114 Å². The van der Waals surface area contributed by atoms with Gasteiger partial charge in [0.15, 0.2) is 9.84 Å². The van der Waals surface area contributed by atoms with E-state index in [1.54, 1.807) is 0 Å². The summed E-state index contributed by atoms with van der Waals surface area (Å²) in [6.45, 7) is 0. The molecule has 2 rings (SSSR count). The number of sulfone groups is 1. The molecule has 1 aromatic carbocycles. The number of hydrogen-bond acceptors (Lipinski definition) is 7. The molecule has 10 heteroatoms. The van der Waals surface area contributed by atoms with Crippen LogP contribution in [0.1, 0.15) is 0 Å². The summed E-state index contributed by atoms with van der Waals surface area (Å²) in [4.78, 5) is 9.45. The van der Waals surface area contributed by atoms with Crippen molar-refractivity contribution in [3.05, 3.63) is 45.9 Å². The van der Waals surface area contributed by atoms with Gasteiger partial charge in [-0.3, -0.25) is 14.3 Å². The van der Waals surface area contributed by atoms with Crippen molar-refractivity contribution in [3.63, 3.8) is 0 Å². The summed E-state index contributed by atoms with van der Waals surface area (Å²) in [6, 6.07) is 4.33. The summed E-state index contributed by atoms with van der Waals surface area (Å²) in [5.41, 5.74) is -0.399. The summed E-state index contributed by atoms with van der Waals surface area (Å²) >= 11 is 0. The van der Waals surface area contributed by atoms with Crippen molar-refractivity contribution < 1.29 is 25.9 Å². The molecule has 8 nitrogen and oxygen atoms in total. The van der Waals surface area contributed by atoms with Gasteiger partial charge in [-0.2, -0.15) is 8.42 Å². The van der Waals surface area contributed by atoms with E-state index in [-0.39, 0.29) is 0 Å². The highest BCUT2D eigenvalue weighted by Crippen LogP contribution is 2.22. The van der Waals surface area contributed by atoms with Gasteiger partial charge in [0.1, 0.15) is 11.0 Å². The number of nitrogens with zero attached hydrogens (tertiary/aromatic N) is 1. The minimum absolute atomic E-state index is 0.399. The molecule has 0 amide bonds. The summed E-state index contributed by atoms with van der Waals surface area (Å²) in [5.74, 6) is -0.471. The fourth-order valence-electron chi connectivity index (χ4n) is 1.58. The van der Waals surface area contributed by atoms with Gasteiger partial charge >= 0.3 is 0 Å². The number of hydrogen-bond donors (Lipinski definition) is 0. The van der Waals surface area contributed by atoms with Crippen molar-refractivity contribution in [2.24, 2.45) is 0 Å². The maximum Gasteiger partial charge on any atom is 0.297 e. The normalized spacial score (nSPS) is 20.9. The first-order valence-electron chi connectivity index (χ1n) is 5.28. The average Bonchev–Trinajstić information content (AvgIpc) is 2.68. The van der Waals surface area contributed by atoms with Crippen molar-refractivity contribution in [1.29, 1.82) is 0 Å². The molecule has 0 fully saturated rings. The van der Waals surface area contributed by atoms with E-state index in [0.717, 1.165) is 29.7 Å². The molecule has 108 valence electrons. The molecule has 1 heterocycles. The summed E-state index contributed by atoms with van der Waals surface area (Å²) in [7, 11) is -7.72. The molecule has 20 heavy (non-hydrogen) atoms. The van der Waals surface area contributed by atoms with E-state index in [2.05, 4.69) is 0 Å². The van der Waals surface area contributed by atoms with E-state index in [0.29, 0.717) is 0 Å². The zero-order valence-corrected chi connectivity index (χ0v) is 11.5. The standard InChI is InChI=1S/C10H9NO7S2/c12-11(13)8-2-1-3-10(6-8)20(16,17)18-9-4-5-19(14,15)7-9/h1-6,9H,7H2/t9-/m0/s1. The summed E-state index contributed by atoms with van der Waals surface area (Å²) in [5, 5.41) is 11.5. The molecule has 1 atom stereocenters. The van der Waals surface area contributed by atoms with Crippen LogP contribution in [0, 0.1) is 10.1 Å². The predicted molar refractivity (Wildman–Crippen MR) is 68.1 cm³/mol. The SMILES string of the molecule is O=[N+]([O-])c1cccc(S(=O)(=O)O[C@H]2C=CS(=O)(=O)C2)c1. The molecule has 0 bridgehead atoms. The lowest BCUT2D eigenvalue weighted by Crippen LogP contribution is -2.20. The predicted octanol–water partition coefficient (Wildman–Crippen LogP) is 0.611. The van der Waals surface area contributed by atoms with Crippen LogP contribution >= 0.6 is 0 Å². The van der Waals surface area contributed by atoms with Crippen molar-refractivity contribution >= 4 is 25.6 Å². The third-order valence-electron chi connectivity index (χ3n) is 2.46. The molecular formula is C10H9NO7S2. The van der Waals surface area contributed by atoms with Crippen LogP contribution in [0.15, 0.2) is 40.6 Å². The Balaban J connectivity index is 2.26. The van der Waals surface area contributed by atoms with Crippen LogP contribution in [0.4, 0.5) is 5.69 Å². The molecule has 0 aromatic heterocycles. The second kappa shape index (κ2) is 4.96. The van der Waals surface area contributed by atoms with Crippen molar-refractivity contribution in [3.8, 4) is 0 Å². The highest BCUT2D eigenvalue weighted by Gasteiger charge is 2.29. The first kappa shape index (κ1) is 14.6. The van der Waals surface area contributed by atoms with Crippen LogP contribution < -0.4 is 0 Å². The number of benzene rings is 1. The first-order chi connectivity index (χ1) is 9.20. The Bertz CT molecular complexity index is 780. The monoisotopic (exact) mass is 319 g/mol. The van der Waals surface area contributed by atoms with Gasteiger partial charge < -0.3 is 0 Å². The summed E-state index contributed by atoms with van der Waals surface area (Å²) < 4.78 is 50.9. The van der Waals surface area contributed by atoms with E-state index < -0.39 is 47.3 Å². The van der Waals surface area contributed by atoms with E-state index in [1.807, 2.05) is 0 Å². The van der Waals surface area contributed by atoms with Crippen molar-refractivity contribution in [1.82, 2.24) is 0 Å². The topological polar surface area (TPSA) is 121 Å². The van der Waals surface area contributed by atoms with Crippen LogP contribution in [0.25, 0.3) is 0 Å². The Kier molecular flexibility index (Phi) is 3.63. The maximum atomic E-state index is 11.9. The first-order valence-corrected chi connectivity index (χ1v) is 8.41. The number of nitro groups is 1. The molecule has 0 unspecified atom stereocenters. The van der Waals surface area contributed by atoms with Crippen LogP contribution in [0.3, 0.4) is 0 Å². The van der Waals surface area contributed by atoms with Crippen molar-refractivity contribution in [2.45, 2.75) is 11.0 Å². The van der Waals surface area contributed by atoms with Gasteiger partial charge in [-0.1, -0.05) is 6.07 Å². The smallest absolute Gasteiger partial charge is 0.258 e. The van der Waals surface area contributed by atoms with Gasteiger partial charge in [0, 0.05) is 17.5 Å². The van der Waals surface area contributed by atoms with Crippen LogP contribution in [-0.4, -0.2) is 33.6 Å². The lowest BCUT2D eigenvalue weighted by atomic mass is 10.3. The molecule has 1 aromatic rings. The minimum atomic E-state index is -4.27. The highest BCUT2D eigenvalue weighted by atomic mass is 32.2. The molecule has 1 aliphatic heterocycles. The molecular weight excluding hydrogens is 310 g/mol.